The molecule has 0 spiro atoms. The van der Waals surface area contributed by atoms with E-state index in [1.165, 1.54) is 18.5 Å². The normalized spacial score (nSPS) is 21.0. The molecule has 82 valence electrons. The quantitative estimate of drug-likeness (QED) is 0.736. The number of hydrogen-bond donors (Lipinski definition) is 0. The van der Waals surface area contributed by atoms with E-state index < -0.39 is 0 Å². The molecule has 1 atom stereocenters. The Kier molecular flexibility index (Phi) is 3.57. The van der Waals surface area contributed by atoms with Crippen LogP contribution in [0.5, 0.6) is 0 Å². The maximum atomic E-state index is 6.20. The van der Waals surface area contributed by atoms with E-state index in [-0.39, 0.29) is 0 Å². The topological polar surface area (TPSA) is 3.24 Å². The summed E-state index contributed by atoms with van der Waals surface area (Å²) in [5.74, 6) is 0. The van der Waals surface area contributed by atoms with E-state index >= 15 is 0 Å². The summed E-state index contributed by atoms with van der Waals surface area (Å²) in [4.78, 5) is 2.43. The molecule has 0 bridgehead atoms. The van der Waals surface area contributed by atoms with Crippen LogP contribution in [0.2, 0.25) is 5.02 Å². The van der Waals surface area contributed by atoms with E-state index in [1.807, 2.05) is 0 Å². The lowest BCUT2D eigenvalue weighted by Gasteiger charge is -2.24. The van der Waals surface area contributed by atoms with Crippen molar-refractivity contribution in [2.24, 2.45) is 0 Å². The first-order chi connectivity index (χ1) is 7.22. The first kappa shape index (κ1) is 11.3. The van der Waals surface area contributed by atoms with Crippen molar-refractivity contribution >= 4 is 33.2 Å². The summed E-state index contributed by atoms with van der Waals surface area (Å²) in [5, 5.41) is 1.69. The monoisotopic (exact) mass is 287 g/mol. The molecule has 3 heteroatoms. The Morgan fingerprint density at radius 3 is 2.87 bits per heavy atom. The molecular weight excluding hydrogens is 273 g/mol. The summed E-state index contributed by atoms with van der Waals surface area (Å²) < 4.78 is 0. The fraction of sp³-hybridized carbons (Fsp3) is 0.500. The molecule has 0 aliphatic carbocycles. The van der Waals surface area contributed by atoms with Crippen molar-refractivity contribution < 1.29 is 0 Å². The molecule has 1 nitrogen and oxygen atoms in total. The fourth-order valence-electron chi connectivity index (χ4n) is 2.14. The maximum Gasteiger partial charge on any atom is 0.0467 e. The van der Waals surface area contributed by atoms with Crippen LogP contribution in [0.25, 0.3) is 0 Å². The lowest BCUT2D eigenvalue weighted by atomic mass is 10.2. The van der Waals surface area contributed by atoms with Crippen LogP contribution in [0.1, 0.15) is 25.3 Å². The summed E-state index contributed by atoms with van der Waals surface area (Å²) in [5.41, 5.74) is 2.42. The number of nitrogens with zero attached hydrogens (tertiary/aromatic N) is 1. The van der Waals surface area contributed by atoms with E-state index in [4.69, 9.17) is 11.6 Å². The Balaban J connectivity index is 2.25. The van der Waals surface area contributed by atoms with Gasteiger partial charge in [0.2, 0.25) is 0 Å². The van der Waals surface area contributed by atoms with Gasteiger partial charge in [-0.15, -0.1) is 0 Å². The van der Waals surface area contributed by atoms with E-state index in [0.29, 0.717) is 6.04 Å². The van der Waals surface area contributed by atoms with E-state index in [1.54, 1.807) is 0 Å². The molecule has 0 N–H and O–H groups in total. The van der Waals surface area contributed by atoms with Crippen molar-refractivity contribution in [3.05, 3.63) is 28.8 Å². The molecule has 0 amide bonds. The van der Waals surface area contributed by atoms with Gasteiger partial charge in [0.05, 0.1) is 0 Å². The highest BCUT2D eigenvalue weighted by atomic mass is 79.9. The largest absolute Gasteiger partial charge is 0.369 e. The molecule has 1 fully saturated rings. The number of halogens is 2. The van der Waals surface area contributed by atoms with Crippen molar-refractivity contribution in [3.63, 3.8) is 0 Å². The van der Waals surface area contributed by atoms with Gasteiger partial charge in [0.1, 0.15) is 0 Å². The summed E-state index contributed by atoms with van der Waals surface area (Å²) >= 11 is 9.63. The van der Waals surface area contributed by atoms with Crippen molar-refractivity contribution in [1.82, 2.24) is 0 Å². The van der Waals surface area contributed by atoms with Gasteiger partial charge in [-0.05, 0) is 37.5 Å². The van der Waals surface area contributed by atoms with Crippen LogP contribution in [0.15, 0.2) is 18.2 Å². The Morgan fingerprint density at radius 1 is 1.53 bits per heavy atom. The van der Waals surface area contributed by atoms with Gasteiger partial charge in [0, 0.05) is 28.6 Å². The molecule has 1 aliphatic heterocycles. The smallest absolute Gasteiger partial charge is 0.0467 e. The highest BCUT2D eigenvalue weighted by Gasteiger charge is 2.20. The minimum Gasteiger partial charge on any atom is -0.369 e. The van der Waals surface area contributed by atoms with Crippen LogP contribution in [0, 0.1) is 0 Å². The standard InChI is InChI=1S/C12H15BrClN/c1-9-3-2-6-15(9)11-5-4-10(8-13)12(14)7-11/h4-5,7,9H,2-3,6,8H2,1H3. The molecule has 0 aromatic heterocycles. The van der Waals surface area contributed by atoms with Gasteiger partial charge < -0.3 is 4.90 Å². The van der Waals surface area contributed by atoms with Gasteiger partial charge >= 0.3 is 0 Å². The third-order valence-electron chi connectivity index (χ3n) is 3.07. The zero-order chi connectivity index (χ0) is 10.8. The molecule has 15 heavy (non-hydrogen) atoms. The van der Waals surface area contributed by atoms with E-state index in [9.17, 15) is 0 Å². The minimum absolute atomic E-state index is 0.649. The van der Waals surface area contributed by atoms with E-state index in [0.717, 1.165) is 22.5 Å². The van der Waals surface area contributed by atoms with Crippen LogP contribution in [0.4, 0.5) is 5.69 Å². The number of rotatable bonds is 2. The Hall–Kier alpha value is -0.210. The lowest BCUT2D eigenvalue weighted by molar-refractivity contribution is 0.735. The van der Waals surface area contributed by atoms with Gasteiger partial charge in [-0.1, -0.05) is 33.6 Å². The molecule has 0 radical (unpaired) electrons. The zero-order valence-electron chi connectivity index (χ0n) is 8.84. The molecule has 1 heterocycles. The number of anilines is 1. The van der Waals surface area contributed by atoms with Crippen molar-refractivity contribution in [2.45, 2.75) is 31.1 Å². The van der Waals surface area contributed by atoms with Crippen molar-refractivity contribution in [1.29, 1.82) is 0 Å². The van der Waals surface area contributed by atoms with Crippen LogP contribution in [-0.2, 0) is 5.33 Å². The fourth-order valence-corrected chi connectivity index (χ4v) is 3.03. The zero-order valence-corrected chi connectivity index (χ0v) is 11.2. The molecule has 2 rings (SSSR count). The van der Waals surface area contributed by atoms with Crippen LogP contribution >= 0.6 is 27.5 Å². The van der Waals surface area contributed by atoms with Crippen LogP contribution < -0.4 is 4.90 Å². The van der Waals surface area contributed by atoms with Gasteiger partial charge in [-0.2, -0.15) is 0 Å². The summed E-state index contributed by atoms with van der Waals surface area (Å²) in [7, 11) is 0. The number of benzene rings is 1. The molecule has 1 unspecified atom stereocenters. The van der Waals surface area contributed by atoms with Crippen molar-refractivity contribution in [2.75, 3.05) is 11.4 Å². The molecule has 1 aromatic rings. The average molecular weight is 289 g/mol. The highest BCUT2D eigenvalue weighted by Crippen LogP contribution is 2.29. The van der Waals surface area contributed by atoms with Gasteiger partial charge in [-0.3, -0.25) is 0 Å². The first-order valence-electron chi connectivity index (χ1n) is 5.33. The van der Waals surface area contributed by atoms with E-state index in [2.05, 4.69) is 46.0 Å². The second-order valence-electron chi connectivity index (χ2n) is 4.09. The predicted octanol–water partition coefficient (Wildman–Crippen LogP) is 4.22. The number of alkyl halides is 1. The van der Waals surface area contributed by atoms with Gasteiger partial charge in [0.25, 0.3) is 0 Å². The van der Waals surface area contributed by atoms with Gasteiger partial charge in [-0.25, -0.2) is 0 Å². The molecule has 1 aliphatic rings. The lowest BCUT2D eigenvalue weighted by Crippen LogP contribution is -2.26. The third-order valence-corrected chi connectivity index (χ3v) is 4.02. The Labute approximate surface area is 105 Å². The minimum atomic E-state index is 0.649. The maximum absolute atomic E-state index is 6.20. The predicted molar refractivity (Wildman–Crippen MR) is 70.1 cm³/mol. The number of hydrogen-bond acceptors (Lipinski definition) is 1. The van der Waals surface area contributed by atoms with Crippen LogP contribution in [-0.4, -0.2) is 12.6 Å². The Morgan fingerprint density at radius 2 is 2.33 bits per heavy atom. The van der Waals surface area contributed by atoms with Crippen LogP contribution in [0.3, 0.4) is 0 Å². The molecule has 1 aromatic carbocycles. The molecule has 1 saturated heterocycles. The van der Waals surface area contributed by atoms with Gasteiger partial charge in [0.15, 0.2) is 0 Å². The SMILES string of the molecule is CC1CCCN1c1ccc(CBr)c(Cl)c1. The molecule has 0 saturated carbocycles. The first-order valence-corrected chi connectivity index (χ1v) is 6.83. The van der Waals surface area contributed by atoms with Crippen molar-refractivity contribution in [3.8, 4) is 0 Å². The summed E-state index contributed by atoms with van der Waals surface area (Å²) in [6.07, 6.45) is 2.58. The average Bonchev–Trinajstić information content (AvgIpc) is 2.64. The second-order valence-corrected chi connectivity index (χ2v) is 5.06. The second kappa shape index (κ2) is 4.75. The summed E-state index contributed by atoms with van der Waals surface area (Å²) in [6.45, 7) is 3.43. The summed E-state index contributed by atoms with van der Waals surface area (Å²) in [6, 6.07) is 7.01. The highest BCUT2D eigenvalue weighted by molar-refractivity contribution is 9.08. The Bertz CT molecular complexity index is 353. The third kappa shape index (κ3) is 2.31. The molecular formula is C12H15BrClN.